The van der Waals surface area contributed by atoms with Gasteiger partial charge in [0.25, 0.3) is 11.5 Å². The van der Waals surface area contributed by atoms with Crippen LogP contribution in [0, 0.1) is 0 Å². The number of hydrogen-bond donors (Lipinski definition) is 0. The molecule has 0 fully saturated rings. The summed E-state index contributed by atoms with van der Waals surface area (Å²) < 4.78 is 1.59. The minimum Gasteiger partial charge on any atom is -0.272 e. The third-order valence-electron chi connectivity index (χ3n) is 8.16. The van der Waals surface area contributed by atoms with Crippen LogP contribution < -0.4 is 5.56 Å². The quantitative estimate of drug-likeness (QED) is 0.112. The first kappa shape index (κ1) is 29.6. The number of nitrogens with zero attached hydrogens (tertiary/aromatic N) is 6. The van der Waals surface area contributed by atoms with Crippen LogP contribution in [0.3, 0.4) is 0 Å². The summed E-state index contributed by atoms with van der Waals surface area (Å²) in [6, 6.07) is 35.1. The lowest BCUT2D eigenvalue weighted by molar-refractivity contribution is -0.130. The Morgan fingerprint density at radius 3 is 2.22 bits per heavy atom. The molecular formula is C37H32N6O2S. The van der Waals surface area contributed by atoms with E-state index in [0.29, 0.717) is 33.7 Å². The van der Waals surface area contributed by atoms with Gasteiger partial charge in [-0.2, -0.15) is 19.7 Å². The fourth-order valence-corrected chi connectivity index (χ4v) is 6.48. The van der Waals surface area contributed by atoms with Crippen molar-refractivity contribution in [3.63, 3.8) is 0 Å². The molecule has 0 unspecified atom stereocenters. The van der Waals surface area contributed by atoms with Gasteiger partial charge in [-0.25, -0.2) is 9.99 Å². The molecule has 1 aliphatic heterocycles. The topological polar surface area (TPSA) is 92.8 Å². The third kappa shape index (κ3) is 5.70. The Morgan fingerprint density at radius 2 is 1.50 bits per heavy atom. The van der Waals surface area contributed by atoms with Crippen molar-refractivity contribution in [1.82, 2.24) is 24.6 Å². The molecule has 8 nitrogen and oxygen atoms in total. The number of hydrazone groups is 1. The zero-order valence-electron chi connectivity index (χ0n) is 25.8. The standard InChI is InChI=1S/C37H32N6O2S/c1-37(2,3)27-20-18-26(19-21-27)33-35(45)39-34-28-16-10-11-17-29(28)38-36(43(34)41-33)46-23-32(44)42-31(25-14-8-5-9-15-25)22-30(40-42)24-12-6-4-7-13-24/h4-21,31H,22-23H2,1-3H3/t31-/m1/s1. The molecule has 3 heterocycles. The number of amides is 1. The van der Waals surface area contributed by atoms with Crippen LogP contribution in [0.5, 0.6) is 0 Å². The summed E-state index contributed by atoms with van der Waals surface area (Å²) in [6.45, 7) is 6.44. The summed E-state index contributed by atoms with van der Waals surface area (Å²) >= 11 is 1.26. The van der Waals surface area contributed by atoms with Crippen molar-refractivity contribution in [3.05, 3.63) is 136 Å². The number of benzene rings is 4. The number of fused-ring (bicyclic) bond motifs is 3. The van der Waals surface area contributed by atoms with E-state index in [1.807, 2.05) is 109 Å². The highest BCUT2D eigenvalue weighted by Crippen LogP contribution is 2.34. The van der Waals surface area contributed by atoms with Gasteiger partial charge in [-0.15, -0.1) is 0 Å². The molecule has 46 heavy (non-hydrogen) atoms. The number of rotatable bonds is 6. The van der Waals surface area contributed by atoms with Crippen LogP contribution in [0.4, 0.5) is 0 Å². The van der Waals surface area contributed by atoms with E-state index in [9.17, 15) is 9.59 Å². The van der Waals surface area contributed by atoms with Gasteiger partial charge in [-0.3, -0.25) is 9.59 Å². The van der Waals surface area contributed by atoms with Gasteiger partial charge in [0.1, 0.15) is 0 Å². The summed E-state index contributed by atoms with van der Waals surface area (Å²) in [5.74, 6) is -0.0847. The van der Waals surface area contributed by atoms with E-state index in [2.05, 4.69) is 25.8 Å². The first-order chi connectivity index (χ1) is 22.3. The van der Waals surface area contributed by atoms with Crippen molar-refractivity contribution >= 4 is 39.9 Å². The zero-order valence-corrected chi connectivity index (χ0v) is 26.6. The average Bonchev–Trinajstić information content (AvgIpc) is 3.53. The van der Waals surface area contributed by atoms with Gasteiger partial charge < -0.3 is 0 Å². The minimum absolute atomic E-state index is 0.0252. The van der Waals surface area contributed by atoms with Gasteiger partial charge in [-0.1, -0.05) is 130 Å². The van der Waals surface area contributed by atoms with Crippen LogP contribution in [0.1, 0.15) is 49.9 Å². The fraction of sp³-hybridized carbons (Fsp3) is 0.189. The highest BCUT2D eigenvalue weighted by molar-refractivity contribution is 7.99. The summed E-state index contributed by atoms with van der Waals surface area (Å²) in [5, 5.41) is 12.4. The molecule has 1 aliphatic rings. The average molecular weight is 625 g/mol. The maximum atomic E-state index is 13.9. The fourth-order valence-electron chi connectivity index (χ4n) is 5.68. The molecule has 0 saturated heterocycles. The van der Waals surface area contributed by atoms with Crippen molar-refractivity contribution in [2.24, 2.45) is 5.10 Å². The van der Waals surface area contributed by atoms with Gasteiger partial charge in [0.15, 0.2) is 16.5 Å². The van der Waals surface area contributed by atoms with Crippen molar-refractivity contribution in [2.75, 3.05) is 5.75 Å². The molecule has 2 aromatic heterocycles. The van der Waals surface area contributed by atoms with Crippen LogP contribution in [0.25, 0.3) is 27.8 Å². The molecule has 0 radical (unpaired) electrons. The highest BCUT2D eigenvalue weighted by atomic mass is 32.2. The van der Waals surface area contributed by atoms with Gasteiger partial charge in [0.05, 0.1) is 23.0 Å². The maximum Gasteiger partial charge on any atom is 0.300 e. The second-order valence-corrected chi connectivity index (χ2v) is 13.3. The Morgan fingerprint density at radius 1 is 0.826 bits per heavy atom. The predicted molar refractivity (Wildman–Crippen MR) is 183 cm³/mol. The first-order valence-electron chi connectivity index (χ1n) is 15.2. The molecule has 9 heteroatoms. The van der Waals surface area contributed by atoms with Crippen LogP contribution in [-0.2, 0) is 10.2 Å². The number of hydrogen-bond acceptors (Lipinski definition) is 7. The highest BCUT2D eigenvalue weighted by Gasteiger charge is 2.33. The molecule has 228 valence electrons. The van der Waals surface area contributed by atoms with Gasteiger partial charge in [-0.05, 0) is 34.2 Å². The first-order valence-corrected chi connectivity index (χ1v) is 16.2. The lowest BCUT2D eigenvalue weighted by Gasteiger charge is -2.22. The van der Waals surface area contributed by atoms with Crippen LogP contribution in [0.2, 0.25) is 0 Å². The predicted octanol–water partition coefficient (Wildman–Crippen LogP) is 7.07. The van der Waals surface area contributed by atoms with Gasteiger partial charge in [0.2, 0.25) is 0 Å². The van der Waals surface area contributed by atoms with E-state index < -0.39 is 5.56 Å². The van der Waals surface area contributed by atoms with E-state index in [0.717, 1.165) is 22.4 Å². The number of thioether (sulfide) groups is 1. The summed E-state index contributed by atoms with van der Waals surface area (Å²) in [7, 11) is 0. The molecular weight excluding hydrogens is 593 g/mol. The molecule has 1 amide bonds. The van der Waals surface area contributed by atoms with E-state index in [1.54, 1.807) is 9.52 Å². The maximum absolute atomic E-state index is 13.9. The third-order valence-corrected chi connectivity index (χ3v) is 9.07. The second-order valence-electron chi connectivity index (χ2n) is 12.3. The van der Waals surface area contributed by atoms with Crippen LogP contribution >= 0.6 is 11.8 Å². The number of aromatic nitrogens is 4. The van der Waals surface area contributed by atoms with Crippen molar-refractivity contribution < 1.29 is 4.79 Å². The van der Waals surface area contributed by atoms with Gasteiger partial charge >= 0.3 is 0 Å². The number of carbonyl (C=O) groups excluding carboxylic acids is 1. The molecule has 0 spiro atoms. The largest absolute Gasteiger partial charge is 0.300 e. The Labute approximate surface area is 270 Å². The Kier molecular flexibility index (Phi) is 7.70. The van der Waals surface area contributed by atoms with Crippen molar-refractivity contribution in [1.29, 1.82) is 0 Å². The number of para-hydroxylation sites is 1. The van der Waals surface area contributed by atoms with E-state index in [4.69, 9.17) is 15.2 Å². The lowest BCUT2D eigenvalue weighted by atomic mass is 9.86. The van der Waals surface area contributed by atoms with E-state index in [-0.39, 0.29) is 28.8 Å². The van der Waals surface area contributed by atoms with E-state index >= 15 is 0 Å². The molecule has 0 bridgehead atoms. The molecule has 0 N–H and O–H groups in total. The van der Waals surface area contributed by atoms with Crippen LogP contribution in [-0.4, -0.2) is 42.0 Å². The SMILES string of the molecule is CC(C)(C)c1ccc(-c2nn3c(SCC(=O)N4N=C(c5ccccc5)C[C@@H]4c4ccccc4)nc4ccccc4c3nc2=O)cc1. The molecule has 7 rings (SSSR count). The summed E-state index contributed by atoms with van der Waals surface area (Å²) in [5.41, 5.74) is 5.56. The smallest absolute Gasteiger partial charge is 0.272 e. The molecule has 6 aromatic rings. The minimum atomic E-state index is -0.419. The lowest BCUT2D eigenvalue weighted by Crippen LogP contribution is -2.28. The Bertz CT molecular complexity index is 2160. The second kappa shape index (κ2) is 12.0. The van der Waals surface area contributed by atoms with Crippen molar-refractivity contribution in [2.45, 2.75) is 43.8 Å². The molecule has 4 aromatic carbocycles. The zero-order chi connectivity index (χ0) is 31.8. The van der Waals surface area contributed by atoms with Gasteiger partial charge in [0, 0.05) is 17.4 Å². The molecule has 1 atom stereocenters. The summed E-state index contributed by atoms with van der Waals surface area (Å²) in [4.78, 5) is 36.6. The Hall–Kier alpha value is -5.15. The van der Waals surface area contributed by atoms with E-state index in [1.165, 1.54) is 11.8 Å². The summed E-state index contributed by atoms with van der Waals surface area (Å²) in [6.07, 6.45) is 0.617. The normalized spacial score (nSPS) is 15.0. The molecule has 0 aliphatic carbocycles. The van der Waals surface area contributed by atoms with Crippen molar-refractivity contribution in [3.8, 4) is 11.3 Å². The monoisotopic (exact) mass is 624 g/mol. The Balaban J connectivity index is 1.25. The number of carbonyl (C=O) groups is 1. The van der Waals surface area contributed by atoms with Crippen LogP contribution in [0.15, 0.2) is 124 Å². The molecule has 0 saturated carbocycles.